The Kier molecular flexibility index (Phi) is 3.74. The maximum atomic E-state index is 9.18. The molecule has 2 nitrogen and oxygen atoms in total. The van der Waals surface area contributed by atoms with Crippen LogP contribution in [-0.4, -0.2) is 17.3 Å². The molecule has 0 heterocycles. The van der Waals surface area contributed by atoms with Crippen LogP contribution >= 0.6 is 0 Å². The van der Waals surface area contributed by atoms with E-state index in [-0.39, 0.29) is 12.1 Å². The number of aliphatic hydroxyl groups excluding tert-OH is 1. The molecular formula is C11H23NO. The van der Waals surface area contributed by atoms with Gasteiger partial charge >= 0.3 is 0 Å². The fourth-order valence-corrected chi connectivity index (χ4v) is 2.28. The lowest BCUT2D eigenvalue weighted by molar-refractivity contribution is 0.177. The van der Waals surface area contributed by atoms with Crippen molar-refractivity contribution in [3.63, 3.8) is 0 Å². The summed E-state index contributed by atoms with van der Waals surface area (Å²) in [6.07, 6.45) is 5.64. The minimum Gasteiger partial charge on any atom is -0.394 e. The highest BCUT2D eigenvalue weighted by molar-refractivity contribution is 4.87. The molecule has 0 amide bonds. The Morgan fingerprint density at radius 2 is 2.08 bits per heavy atom. The lowest BCUT2D eigenvalue weighted by Crippen LogP contribution is -2.43. The molecule has 0 aromatic rings. The largest absolute Gasteiger partial charge is 0.394 e. The van der Waals surface area contributed by atoms with Crippen molar-refractivity contribution in [1.82, 2.24) is 0 Å². The van der Waals surface area contributed by atoms with E-state index in [9.17, 15) is 5.11 Å². The zero-order chi connectivity index (χ0) is 9.90. The van der Waals surface area contributed by atoms with E-state index in [1.807, 2.05) is 0 Å². The maximum absolute atomic E-state index is 9.18. The Balaban J connectivity index is 2.48. The smallest absolute Gasteiger partial charge is 0.0611 e. The molecule has 1 fully saturated rings. The third-order valence-corrected chi connectivity index (χ3v) is 3.52. The van der Waals surface area contributed by atoms with Crippen LogP contribution in [0.4, 0.5) is 0 Å². The van der Waals surface area contributed by atoms with Gasteiger partial charge in [-0.2, -0.15) is 0 Å². The van der Waals surface area contributed by atoms with Gasteiger partial charge in [-0.1, -0.05) is 26.7 Å². The van der Waals surface area contributed by atoms with Crippen LogP contribution in [-0.2, 0) is 0 Å². The fraction of sp³-hybridized carbons (Fsp3) is 1.00. The van der Waals surface area contributed by atoms with Crippen molar-refractivity contribution in [3.8, 4) is 0 Å². The molecule has 0 aliphatic heterocycles. The molecule has 0 radical (unpaired) electrons. The van der Waals surface area contributed by atoms with E-state index in [2.05, 4.69) is 13.8 Å². The molecule has 0 spiro atoms. The van der Waals surface area contributed by atoms with Gasteiger partial charge in [0.1, 0.15) is 0 Å². The monoisotopic (exact) mass is 185 g/mol. The molecule has 2 unspecified atom stereocenters. The Bertz CT molecular complexity index is 158. The third kappa shape index (κ3) is 2.96. The van der Waals surface area contributed by atoms with E-state index >= 15 is 0 Å². The first-order valence-corrected chi connectivity index (χ1v) is 5.47. The number of hydrogen-bond donors (Lipinski definition) is 2. The fourth-order valence-electron chi connectivity index (χ4n) is 2.28. The second-order valence-corrected chi connectivity index (χ2v) is 4.96. The van der Waals surface area contributed by atoms with E-state index < -0.39 is 0 Å². The first-order valence-electron chi connectivity index (χ1n) is 5.47. The van der Waals surface area contributed by atoms with Crippen molar-refractivity contribution in [2.45, 2.75) is 51.5 Å². The first-order chi connectivity index (χ1) is 6.07. The van der Waals surface area contributed by atoms with Gasteiger partial charge in [0.25, 0.3) is 0 Å². The summed E-state index contributed by atoms with van der Waals surface area (Å²) in [5, 5.41) is 9.18. The van der Waals surface area contributed by atoms with Crippen LogP contribution in [0.25, 0.3) is 0 Å². The SMILES string of the molecule is CC(C)C1CCCC(N)(CO)CC1. The molecule has 0 bridgehead atoms. The predicted octanol–water partition coefficient (Wildman–Crippen LogP) is 1.91. The van der Waals surface area contributed by atoms with Gasteiger partial charge in [0.05, 0.1) is 6.61 Å². The summed E-state index contributed by atoms with van der Waals surface area (Å²) in [6, 6.07) is 0. The second kappa shape index (κ2) is 4.43. The van der Waals surface area contributed by atoms with Gasteiger partial charge in [-0.15, -0.1) is 0 Å². The third-order valence-electron chi connectivity index (χ3n) is 3.52. The van der Waals surface area contributed by atoms with Gasteiger partial charge in [0.15, 0.2) is 0 Å². The molecule has 13 heavy (non-hydrogen) atoms. The van der Waals surface area contributed by atoms with E-state index in [1.54, 1.807) is 0 Å². The Hall–Kier alpha value is -0.0800. The van der Waals surface area contributed by atoms with E-state index in [1.165, 1.54) is 19.3 Å². The molecule has 3 N–H and O–H groups in total. The number of nitrogens with two attached hydrogens (primary N) is 1. The molecule has 2 heteroatoms. The van der Waals surface area contributed by atoms with Crippen molar-refractivity contribution in [2.24, 2.45) is 17.6 Å². The topological polar surface area (TPSA) is 46.2 Å². The van der Waals surface area contributed by atoms with Gasteiger partial charge in [0, 0.05) is 5.54 Å². The van der Waals surface area contributed by atoms with Crippen LogP contribution in [0.2, 0.25) is 0 Å². The van der Waals surface area contributed by atoms with Gasteiger partial charge in [0.2, 0.25) is 0 Å². The molecule has 1 rings (SSSR count). The minimum absolute atomic E-state index is 0.151. The van der Waals surface area contributed by atoms with Crippen LogP contribution in [0.15, 0.2) is 0 Å². The second-order valence-electron chi connectivity index (χ2n) is 4.96. The van der Waals surface area contributed by atoms with Gasteiger partial charge in [-0.25, -0.2) is 0 Å². The van der Waals surface area contributed by atoms with Gasteiger partial charge < -0.3 is 10.8 Å². The summed E-state index contributed by atoms with van der Waals surface area (Å²) in [7, 11) is 0. The molecule has 0 aromatic heterocycles. The van der Waals surface area contributed by atoms with Crippen LogP contribution in [0.3, 0.4) is 0 Å². The highest BCUT2D eigenvalue weighted by Crippen LogP contribution is 2.32. The Morgan fingerprint density at radius 1 is 1.38 bits per heavy atom. The van der Waals surface area contributed by atoms with Crippen LogP contribution in [0, 0.1) is 11.8 Å². The average molecular weight is 185 g/mol. The highest BCUT2D eigenvalue weighted by atomic mass is 16.3. The number of hydrogen-bond acceptors (Lipinski definition) is 2. The number of aliphatic hydroxyl groups is 1. The summed E-state index contributed by atoms with van der Waals surface area (Å²) in [5.74, 6) is 1.58. The Labute approximate surface area is 81.5 Å². The number of rotatable bonds is 2. The van der Waals surface area contributed by atoms with E-state index in [0.29, 0.717) is 0 Å². The zero-order valence-corrected chi connectivity index (χ0v) is 8.92. The highest BCUT2D eigenvalue weighted by Gasteiger charge is 2.29. The van der Waals surface area contributed by atoms with Crippen molar-refractivity contribution in [2.75, 3.05) is 6.61 Å². The quantitative estimate of drug-likeness (QED) is 0.646. The molecule has 78 valence electrons. The van der Waals surface area contributed by atoms with Gasteiger partial charge in [-0.05, 0) is 31.1 Å². The summed E-state index contributed by atoms with van der Waals surface area (Å²) in [5.41, 5.74) is 5.80. The predicted molar refractivity (Wildman–Crippen MR) is 55.4 cm³/mol. The van der Waals surface area contributed by atoms with Crippen molar-refractivity contribution >= 4 is 0 Å². The molecule has 0 aromatic carbocycles. The normalized spacial score (nSPS) is 36.2. The van der Waals surface area contributed by atoms with E-state index in [0.717, 1.165) is 24.7 Å². The maximum Gasteiger partial charge on any atom is 0.0611 e. The summed E-state index contributed by atoms with van der Waals surface area (Å²) >= 11 is 0. The minimum atomic E-state index is -0.274. The van der Waals surface area contributed by atoms with Crippen LogP contribution in [0.1, 0.15) is 46.0 Å². The molecular weight excluding hydrogens is 162 g/mol. The van der Waals surface area contributed by atoms with Crippen molar-refractivity contribution in [1.29, 1.82) is 0 Å². The molecule has 1 aliphatic rings. The molecule has 1 saturated carbocycles. The zero-order valence-electron chi connectivity index (χ0n) is 8.92. The first kappa shape index (κ1) is 11.0. The Morgan fingerprint density at radius 3 is 2.62 bits per heavy atom. The summed E-state index contributed by atoms with van der Waals surface area (Å²) < 4.78 is 0. The van der Waals surface area contributed by atoms with Crippen LogP contribution < -0.4 is 5.73 Å². The summed E-state index contributed by atoms with van der Waals surface area (Å²) in [6.45, 7) is 4.72. The van der Waals surface area contributed by atoms with Crippen molar-refractivity contribution < 1.29 is 5.11 Å². The average Bonchev–Trinajstić information content (AvgIpc) is 2.28. The standard InChI is InChI=1S/C11H23NO/c1-9(2)10-4-3-6-11(12,8-13)7-5-10/h9-10,13H,3-8,12H2,1-2H3. The van der Waals surface area contributed by atoms with Crippen LogP contribution in [0.5, 0.6) is 0 Å². The van der Waals surface area contributed by atoms with Gasteiger partial charge in [-0.3, -0.25) is 0 Å². The van der Waals surface area contributed by atoms with E-state index in [4.69, 9.17) is 5.73 Å². The molecule has 1 aliphatic carbocycles. The lowest BCUT2D eigenvalue weighted by atomic mass is 9.87. The molecule has 0 saturated heterocycles. The lowest BCUT2D eigenvalue weighted by Gasteiger charge is -2.25. The summed E-state index contributed by atoms with van der Waals surface area (Å²) in [4.78, 5) is 0. The molecule has 2 atom stereocenters. The van der Waals surface area contributed by atoms with Crippen molar-refractivity contribution in [3.05, 3.63) is 0 Å².